The maximum absolute atomic E-state index is 12.4. The number of ether oxygens (including phenoxy) is 3. The van der Waals surface area contributed by atoms with Gasteiger partial charge in [0.1, 0.15) is 6.10 Å². The Labute approximate surface area is 222 Å². The SMILES string of the molecule is COC(C)CCOC(=O)C1CCN(Cc2ccc3nc(OC4CCC(C(C)(C)C)CC4)ncc3c2)CC1. The smallest absolute Gasteiger partial charge is 0.317 e. The first-order valence-corrected chi connectivity index (χ1v) is 14.1. The average Bonchev–Trinajstić information content (AvgIpc) is 2.89. The van der Waals surface area contributed by atoms with Crippen LogP contribution in [-0.2, 0) is 20.8 Å². The fraction of sp³-hybridized carbons (Fsp3) is 0.700. The molecule has 1 aliphatic heterocycles. The Kier molecular flexibility index (Phi) is 9.41. The van der Waals surface area contributed by atoms with E-state index in [0.29, 0.717) is 18.0 Å². The van der Waals surface area contributed by atoms with E-state index in [9.17, 15) is 4.79 Å². The molecule has 2 heterocycles. The van der Waals surface area contributed by atoms with Crippen LogP contribution in [0, 0.1) is 17.3 Å². The second-order valence-corrected chi connectivity index (χ2v) is 12.1. The standard InChI is InChI=1S/C30H45N3O4/c1-21(35-5)14-17-36-28(34)23-12-15-33(16-13-23)20-22-6-11-27-24(18-22)19-31-29(32-27)37-26-9-7-25(8-10-26)30(2,3)4/h6,11,18-19,21,23,25-26H,7-10,12-17,20H2,1-5H3. The predicted molar refractivity (Wildman–Crippen MR) is 145 cm³/mol. The molecule has 1 saturated heterocycles. The minimum absolute atomic E-state index is 0.000961. The van der Waals surface area contributed by atoms with Gasteiger partial charge in [-0.2, -0.15) is 4.98 Å². The van der Waals surface area contributed by atoms with Crippen molar-refractivity contribution >= 4 is 16.9 Å². The van der Waals surface area contributed by atoms with E-state index in [-0.39, 0.29) is 24.1 Å². The largest absolute Gasteiger partial charge is 0.465 e. The Morgan fingerprint density at radius 2 is 1.84 bits per heavy atom. The summed E-state index contributed by atoms with van der Waals surface area (Å²) in [5, 5.41) is 1.03. The Morgan fingerprint density at radius 3 is 2.51 bits per heavy atom. The molecule has 1 aromatic heterocycles. The Bertz CT molecular complexity index is 1020. The third-order valence-electron chi connectivity index (χ3n) is 8.29. The lowest BCUT2D eigenvalue weighted by molar-refractivity contribution is -0.150. The number of carbonyl (C=O) groups is 1. The molecule has 2 fully saturated rings. The molecule has 1 atom stereocenters. The predicted octanol–water partition coefficient (Wildman–Crippen LogP) is 5.79. The second kappa shape index (κ2) is 12.5. The van der Waals surface area contributed by atoms with Crippen LogP contribution in [0.4, 0.5) is 0 Å². The van der Waals surface area contributed by atoms with Crippen molar-refractivity contribution in [3.05, 3.63) is 30.0 Å². The highest BCUT2D eigenvalue weighted by molar-refractivity contribution is 5.78. The molecule has 1 saturated carbocycles. The first kappa shape index (κ1) is 27.8. The summed E-state index contributed by atoms with van der Waals surface area (Å²) < 4.78 is 16.9. The van der Waals surface area contributed by atoms with Crippen LogP contribution < -0.4 is 4.74 Å². The summed E-state index contributed by atoms with van der Waals surface area (Å²) in [6.07, 6.45) is 9.18. The molecule has 0 spiro atoms. The van der Waals surface area contributed by atoms with Crippen LogP contribution in [0.15, 0.2) is 24.4 Å². The van der Waals surface area contributed by atoms with Crippen molar-refractivity contribution in [3.8, 4) is 6.01 Å². The van der Waals surface area contributed by atoms with Crippen LogP contribution in [0.2, 0.25) is 0 Å². The van der Waals surface area contributed by atoms with Gasteiger partial charge in [0.05, 0.1) is 24.1 Å². The molecule has 0 N–H and O–H groups in total. The van der Waals surface area contributed by atoms with Crippen molar-refractivity contribution in [2.45, 2.75) is 91.4 Å². The van der Waals surface area contributed by atoms with Crippen LogP contribution in [0.25, 0.3) is 10.9 Å². The number of hydrogen-bond acceptors (Lipinski definition) is 7. The summed E-state index contributed by atoms with van der Waals surface area (Å²) in [7, 11) is 1.68. The van der Waals surface area contributed by atoms with Crippen molar-refractivity contribution < 1.29 is 19.0 Å². The topological polar surface area (TPSA) is 73.8 Å². The number of methoxy groups -OCH3 is 1. The zero-order chi connectivity index (χ0) is 26.4. The summed E-state index contributed by atoms with van der Waals surface area (Å²) in [6, 6.07) is 6.88. The van der Waals surface area contributed by atoms with Gasteiger partial charge in [-0.25, -0.2) is 4.98 Å². The van der Waals surface area contributed by atoms with Gasteiger partial charge in [0.25, 0.3) is 0 Å². The first-order valence-electron chi connectivity index (χ1n) is 14.1. The summed E-state index contributed by atoms with van der Waals surface area (Å²) >= 11 is 0. The normalized spacial score (nSPS) is 22.6. The Balaban J connectivity index is 1.24. The number of aromatic nitrogens is 2. The maximum Gasteiger partial charge on any atom is 0.317 e. The van der Waals surface area contributed by atoms with Crippen molar-refractivity contribution in [1.82, 2.24) is 14.9 Å². The number of esters is 1. The molecule has 1 aliphatic carbocycles. The molecule has 1 unspecified atom stereocenters. The van der Waals surface area contributed by atoms with E-state index in [1.54, 1.807) is 7.11 Å². The van der Waals surface area contributed by atoms with Crippen LogP contribution in [0.5, 0.6) is 6.01 Å². The van der Waals surface area contributed by atoms with E-state index >= 15 is 0 Å². The van der Waals surface area contributed by atoms with Crippen LogP contribution in [0.3, 0.4) is 0 Å². The lowest BCUT2D eigenvalue weighted by Gasteiger charge is -2.36. The van der Waals surface area contributed by atoms with Gasteiger partial charge in [-0.15, -0.1) is 0 Å². The number of piperidine rings is 1. The molecule has 2 aliphatic rings. The summed E-state index contributed by atoms with van der Waals surface area (Å²) in [6.45, 7) is 12.1. The molecule has 37 heavy (non-hydrogen) atoms. The number of nitrogens with zero attached hydrogens (tertiary/aromatic N) is 3. The number of fused-ring (bicyclic) bond motifs is 1. The molecule has 0 amide bonds. The fourth-order valence-electron chi connectivity index (χ4n) is 5.56. The van der Waals surface area contributed by atoms with E-state index in [4.69, 9.17) is 14.2 Å². The monoisotopic (exact) mass is 511 g/mol. The first-order chi connectivity index (χ1) is 17.7. The van der Waals surface area contributed by atoms with Gasteiger partial charge < -0.3 is 14.2 Å². The highest BCUT2D eigenvalue weighted by Crippen LogP contribution is 2.38. The molecular weight excluding hydrogens is 466 g/mol. The van der Waals surface area contributed by atoms with E-state index in [2.05, 4.69) is 53.8 Å². The molecule has 1 aromatic carbocycles. The number of carbonyl (C=O) groups excluding carboxylic acids is 1. The minimum atomic E-state index is -0.0638. The molecule has 0 radical (unpaired) electrons. The molecule has 4 rings (SSSR count). The number of benzene rings is 1. The minimum Gasteiger partial charge on any atom is -0.465 e. The van der Waals surface area contributed by atoms with Gasteiger partial charge in [-0.3, -0.25) is 9.69 Å². The van der Waals surface area contributed by atoms with Gasteiger partial charge in [0, 0.05) is 31.7 Å². The molecule has 204 valence electrons. The third kappa shape index (κ3) is 7.87. The van der Waals surface area contributed by atoms with Crippen molar-refractivity contribution in [3.63, 3.8) is 0 Å². The fourth-order valence-corrected chi connectivity index (χ4v) is 5.56. The van der Waals surface area contributed by atoms with Crippen LogP contribution >= 0.6 is 0 Å². The van der Waals surface area contributed by atoms with E-state index in [0.717, 1.165) is 68.6 Å². The number of rotatable bonds is 9. The quantitative estimate of drug-likeness (QED) is 0.394. The van der Waals surface area contributed by atoms with Gasteiger partial charge in [-0.1, -0.05) is 26.8 Å². The third-order valence-corrected chi connectivity index (χ3v) is 8.29. The van der Waals surface area contributed by atoms with Gasteiger partial charge in [0.15, 0.2) is 0 Å². The van der Waals surface area contributed by atoms with Gasteiger partial charge in [0.2, 0.25) is 0 Å². The zero-order valence-corrected chi connectivity index (χ0v) is 23.4. The highest BCUT2D eigenvalue weighted by atomic mass is 16.5. The Morgan fingerprint density at radius 1 is 1.11 bits per heavy atom. The van der Waals surface area contributed by atoms with Gasteiger partial charge in [-0.05, 0) is 87.6 Å². The zero-order valence-electron chi connectivity index (χ0n) is 23.4. The molecule has 2 aromatic rings. The second-order valence-electron chi connectivity index (χ2n) is 12.1. The van der Waals surface area contributed by atoms with Gasteiger partial charge >= 0.3 is 12.0 Å². The molecule has 0 bridgehead atoms. The van der Waals surface area contributed by atoms with E-state index < -0.39 is 0 Å². The lowest BCUT2D eigenvalue weighted by atomic mass is 9.72. The maximum atomic E-state index is 12.4. The summed E-state index contributed by atoms with van der Waals surface area (Å²) in [5.41, 5.74) is 2.52. The van der Waals surface area contributed by atoms with Crippen molar-refractivity contribution in [1.29, 1.82) is 0 Å². The lowest BCUT2D eigenvalue weighted by Crippen LogP contribution is -2.36. The van der Waals surface area contributed by atoms with Crippen molar-refractivity contribution in [2.75, 3.05) is 26.8 Å². The van der Waals surface area contributed by atoms with Crippen LogP contribution in [0.1, 0.15) is 78.2 Å². The molecule has 7 heteroatoms. The summed E-state index contributed by atoms with van der Waals surface area (Å²) in [5.74, 6) is 0.699. The molecule has 7 nitrogen and oxygen atoms in total. The number of hydrogen-bond donors (Lipinski definition) is 0. The van der Waals surface area contributed by atoms with Crippen LogP contribution in [-0.4, -0.2) is 59.9 Å². The Hall–Kier alpha value is -2.25. The number of likely N-dealkylation sites (tertiary alicyclic amines) is 1. The van der Waals surface area contributed by atoms with E-state index in [1.165, 1.54) is 18.4 Å². The molecular formula is C30H45N3O4. The van der Waals surface area contributed by atoms with E-state index in [1.807, 2.05) is 13.1 Å². The average molecular weight is 512 g/mol. The highest BCUT2D eigenvalue weighted by Gasteiger charge is 2.31. The van der Waals surface area contributed by atoms with Crippen molar-refractivity contribution in [2.24, 2.45) is 17.3 Å². The summed E-state index contributed by atoms with van der Waals surface area (Å²) in [4.78, 5) is 24.0.